The number of pyridine rings is 1. The van der Waals surface area contributed by atoms with Crippen LogP contribution in [0, 0.1) is 0 Å². The number of aromatic nitrogens is 1. The lowest BCUT2D eigenvalue weighted by Gasteiger charge is -2.38. The second kappa shape index (κ2) is 9.81. The van der Waals surface area contributed by atoms with E-state index >= 15 is 0 Å². The van der Waals surface area contributed by atoms with E-state index in [2.05, 4.69) is 21.9 Å². The molecule has 1 aromatic heterocycles. The second-order valence-corrected chi connectivity index (χ2v) is 7.86. The number of benzene rings is 2. The molecule has 0 bridgehead atoms. The number of rotatable bonds is 7. The van der Waals surface area contributed by atoms with Gasteiger partial charge in [0.15, 0.2) is 5.78 Å². The lowest BCUT2D eigenvalue weighted by Crippen LogP contribution is -2.46. The molecule has 0 unspecified atom stereocenters. The molecule has 0 spiro atoms. The second-order valence-electron chi connectivity index (χ2n) is 7.86. The summed E-state index contributed by atoms with van der Waals surface area (Å²) in [5.74, 6) is 1.97. The first kappa shape index (κ1) is 22.5. The third-order valence-corrected chi connectivity index (χ3v) is 5.98. The van der Waals surface area contributed by atoms with E-state index in [0.29, 0.717) is 17.2 Å². The molecule has 172 valence electrons. The Morgan fingerprint density at radius 1 is 0.788 bits per heavy atom. The first-order chi connectivity index (χ1) is 16.0. The van der Waals surface area contributed by atoms with Crippen LogP contribution in [0.4, 0.5) is 11.4 Å². The van der Waals surface area contributed by atoms with Crippen LogP contribution in [0.3, 0.4) is 0 Å². The molecule has 1 saturated heterocycles. The van der Waals surface area contributed by atoms with Crippen LogP contribution >= 0.6 is 0 Å². The van der Waals surface area contributed by atoms with Crippen LogP contribution in [-0.2, 0) is 0 Å². The Hall–Kier alpha value is -3.74. The summed E-state index contributed by atoms with van der Waals surface area (Å²) in [7, 11) is 4.87. The van der Waals surface area contributed by atoms with Crippen molar-refractivity contribution < 1.29 is 19.0 Å². The van der Waals surface area contributed by atoms with Crippen molar-refractivity contribution in [2.75, 3.05) is 57.3 Å². The zero-order valence-electron chi connectivity index (χ0n) is 19.5. The summed E-state index contributed by atoms with van der Waals surface area (Å²) < 4.78 is 16.0. The summed E-state index contributed by atoms with van der Waals surface area (Å²) in [5, 5.41) is 0. The number of methoxy groups -OCH3 is 3. The van der Waals surface area contributed by atoms with E-state index in [1.54, 1.807) is 34.3 Å². The monoisotopic (exact) mass is 447 g/mol. The van der Waals surface area contributed by atoms with Gasteiger partial charge in [0.05, 0.1) is 32.7 Å². The van der Waals surface area contributed by atoms with Crippen molar-refractivity contribution in [3.05, 3.63) is 60.2 Å². The van der Waals surface area contributed by atoms with E-state index in [1.165, 1.54) is 5.69 Å². The molecule has 0 radical (unpaired) electrons. The minimum absolute atomic E-state index is 0.0382. The molecule has 0 amide bonds. The fraction of sp³-hybridized carbons (Fsp3) is 0.308. The molecule has 0 atom stereocenters. The Morgan fingerprint density at radius 2 is 1.42 bits per heavy atom. The Labute approximate surface area is 194 Å². The zero-order valence-corrected chi connectivity index (χ0v) is 19.5. The molecule has 1 aliphatic heterocycles. The van der Waals surface area contributed by atoms with E-state index in [4.69, 9.17) is 19.2 Å². The van der Waals surface area contributed by atoms with Crippen molar-refractivity contribution in [3.8, 4) is 28.6 Å². The van der Waals surface area contributed by atoms with Crippen LogP contribution < -0.4 is 24.0 Å². The number of piperazine rings is 1. The summed E-state index contributed by atoms with van der Waals surface area (Å²) in [6, 6.07) is 17.6. The van der Waals surface area contributed by atoms with E-state index < -0.39 is 0 Å². The standard InChI is InChI=1S/C26H29N3O4/c1-18(30)23-17-21(32-3)9-10-22(23)26-24(11-12-25(27-26)33-4)29-15-13-28(14-16-29)19-5-7-20(31-2)8-6-19/h5-12,17H,13-16H2,1-4H3. The van der Waals surface area contributed by atoms with Crippen molar-refractivity contribution in [1.29, 1.82) is 0 Å². The maximum absolute atomic E-state index is 12.5. The van der Waals surface area contributed by atoms with Crippen molar-refractivity contribution >= 4 is 17.2 Å². The number of nitrogens with zero attached hydrogens (tertiary/aromatic N) is 3. The van der Waals surface area contributed by atoms with Gasteiger partial charge < -0.3 is 24.0 Å². The van der Waals surface area contributed by atoms with Crippen LogP contribution in [0.2, 0.25) is 0 Å². The SMILES string of the molecule is COc1ccc(N2CCN(c3ccc(OC)nc3-c3ccc(OC)cc3C(C)=O)CC2)cc1. The molecular formula is C26H29N3O4. The molecule has 4 rings (SSSR count). The number of anilines is 2. The predicted octanol–water partition coefficient (Wildman–Crippen LogP) is 4.30. The molecule has 0 aliphatic carbocycles. The van der Waals surface area contributed by atoms with Gasteiger partial charge in [-0.15, -0.1) is 0 Å². The van der Waals surface area contributed by atoms with Crippen LogP contribution in [0.15, 0.2) is 54.6 Å². The number of ether oxygens (including phenoxy) is 3. The summed E-state index contributed by atoms with van der Waals surface area (Å²) in [6.07, 6.45) is 0. The first-order valence-electron chi connectivity index (χ1n) is 10.9. The fourth-order valence-corrected chi connectivity index (χ4v) is 4.15. The van der Waals surface area contributed by atoms with Crippen molar-refractivity contribution in [2.45, 2.75) is 6.92 Å². The van der Waals surface area contributed by atoms with Gasteiger partial charge in [0.1, 0.15) is 11.5 Å². The molecule has 7 nitrogen and oxygen atoms in total. The van der Waals surface area contributed by atoms with Gasteiger partial charge >= 0.3 is 0 Å². The van der Waals surface area contributed by atoms with E-state index in [0.717, 1.165) is 48.9 Å². The van der Waals surface area contributed by atoms with E-state index in [1.807, 2.05) is 36.4 Å². The van der Waals surface area contributed by atoms with E-state index in [-0.39, 0.29) is 5.78 Å². The molecule has 1 fully saturated rings. The molecule has 1 aliphatic rings. The van der Waals surface area contributed by atoms with Gasteiger partial charge in [-0.1, -0.05) is 0 Å². The van der Waals surface area contributed by atoms with Crippen molar-refractivity contribution in [3.63, 3.8) is 0 Å². The molecule has 3 aromatic rings. The van der Waals surface area contributed by atoms with E-state index in [9.17, 15) is 4.79 Å². The van der Waals surface area contributed by atoms with Gasteiger partial charge in [-0.2, -0.15) is 0 Å². The Balaban J connectivity index is 1.64. The van der Waals surface area contributed by atoms with Crippen LogP contribution in [0.25, 0.3) is 11.3 Å². The van der Waals surface area contributed by atoms with Crippen LogP contribution in [-0.4, -0.2) is 58.3 Å². The smallest absolute Gasteiger partial charge is 0.213 e. The highest BCUT2D eigenvalue weighted by Crippen LogP contribution is 2.36. The summed E-state index contributed by atoms with van der Waals surface area (Å²) in [4.78, 5) is 21.9. The number of carbonyl (C=O) groups is 1. The predicted molar refractivity (Wildman–Crippen MR) is 130 cm³/mol. The number of hydrogen-bond acceptors (Lipinski definition) is 7. The lowest BCUT2D eigenvalue weighted by molar-refractivity contribution is 0.101. The van der Waals surface area contributed by atoms with Gasteiger partial charge in [-0.05, 0) is 55.5 Å². The topological polar surface area (TPSA) is 64.1 Å². The van der Waals surface area contributed by atoms with Gasteiger partial charge in [0.25, 0.3) is 0 Å². The van der Waals surface area contributed by atoms with Gasteiger partial charge in [0, 0.05) is 49.1 Å². The van der Waals surface area contributed by atoms with Gasteiger partial charge in [-0.3, -0.25) is 4.79 Å². The van der Waals surface area contributed by atoms with Crippen molar-refractivity contribution in [1.82, 2.24) is 4.98 Å². The molecule has 0 saturated carbocycles. The minimum atomic E-state index is -0.0382. The van der Waals surface area contributed by atoms with Gasteiger partial charge in [-0.25, -0.2) is 4.98 Å². The Morgan fingerprint density at radius 3 is 2.03 bits per heavy atom. The maximum Gasteiger partial charge on any atom is 0.213 e. The first-order valence-corrected chi connectivity index (χ1v) is 10.9. The third kappa shape index (κ3) is 4.72. The molecule has 0 N–H and O–H groups in total. The fourth-order valence-electron chi connectivity index (χ4n) is 4.15. The highest BCUT2D eigenvalue weighted by atomic mass is 16.5. The summed E-state index contributed by atoms with van der Waals surface area (Å²) >= 11 is 0. The number of ketones is 1. The third-order valence-electron chi connectivity index (χ3n) is 5.98. The zero-order chi connectivity index (χ0) is 23.4. The maximum atomic E-state index is 12.5. The highest BCUT2D eigenvalue weighted by Gasteiger charge is 2.23. The molecular weight excluding hydrogens is 418 g/mol. The number of carbonyl (C=O) groups excluding carboxylic acids is 1. The number of hydrogen-bond donors (Lipinski definition) is 0. The average Bonchev–Trinajstić information content (AvgIpc) is 2.88. The number of Topliss-reactive ketones (excluding diaryl/α,β-unsaturated/α-hetero) is 1. The quantitative estimate of drug-likeness (QED) is 0.500. The molecule has 2 aromatic carbocycles. The highest BCUT2D eigenvalue weighted by molar-refractivity contribution is 6.02. The molecule has 7 heteroatoms. The molecule has 2 heterocycles. The largest absolute Gasteiger partial charge is 0.497 e. The molecule has 33 heavy (non-hydrogen) atoms. The lowest BCUT2D eigenvalue weighted by atomic mass is 9.99. The average molecular weight is 448 g/mol. The summed E-state index contributed by atoms with van der Waals surface area (Å²) in [6.45, 7) is 4.98. The van der Waals surface area contributed by atoms with Crippen LogP contribution in [0.1, 0.15) is 17.3 Å². The van der Waals surface area contributed by atoms with Crippen molar-refractivity contribution in [2.24, 2.45) is 0 Å². The van der Waals surface area contributed by atoms with Crippen LogP contribution in [0.5, 0.6) is 17.4 Å². The summed E-state index contributed by atoms with van der Waals surface area (Å²) in [5.41, 5.74) is 4.25. The Kier molecular flexibility index (Phi) is 6.68. The van der Waals surface area contributed by atoms with Gasteiger partial charge in [0.2, 0.25) is 5.88 Å². The minimum Gasteiger partial charge on any atom is -0.497 e. The Bertz CT molecular complexity index is 1120. The normalized spacial score (nSPS) is 13.6.